The molecule has 0 aliphatic rings. The van der Waals surface area contributed by atoms with Crippen molar-refractivity contribution in [2.24, 2.45) is 0 Å². The Morgan fingerprint density at radius 1 is 1.17 bits per heavy atom. The van der Waals surface area contributed by atoms with Gasteiger partial charge in [0.2, 0.25) is 0 Å². The second kappa shape index (κ2) is 8.22. The molecule has 102 valence electrons. The maximum Gasteiger partial charge on any atom is 0.161 e. The van der Waals surface area contributed by atoms with Crippen LogP contribution in [0, 0.1) is 0 Å². The fourth-order valence-corrected chi connectivity index (χ4v) is 1.87. The number of hydrogen-bond acceptors (Lipinski definition) is 3. The molecule has 3 nitrogen and oxygen atoms in total. The Morgan fingerprint density at radius 2 is 1.83 bits per heavy atom. The lowest BCUT2D eigenvalue weighted by atomic mass is 10.0. The van der Waals surface area contributed by atoms with Gasteiger partial charge in [-0.15, -0.1) is 11.6 Å². The van der Waals surface area contributed by atoms with E-state index >= 15 is 0 Å². The highest BCUT2D eigenvalue weighted by atomic mass is 35.5. The summed E-state index contributed by atoms with van der Waals surface area (Å²) >= 11 is 5.62. The topological polar surface area (TPSA) is 38.7 Å². The lowest BCUT2D eigenvalue weighted by Crippen LogP contribution is -2.02. The van der Waals surface area contributed by atoms with Crippen molar-refractivity contribution in [1.29, 1.82) is 0 Å². The van der Waals surface area contributed by atoms with E-state index in [4.69, 9.17) is 21.1 Å². The summed E-state index contributed by atoms with van der Waals surface area (Å²) in [4.78, 5) is 0. The highest BCUT2D eigenvalue weighted by molar-refractivity contribution is 6.17. The van der Waals surface area contributed by atoms with Gasteiger partial charge in [0.05, 0.1) is 19.3 Å². The maximum atomic E-state index is 10.0. The Hall–Kier alpha value is -0.930. The molecule has 0 aromatic heterocycles. The molecular formula is C14H21ClO3. The van der Waals surface area contributed by atoms with Gasteiger partial charge < -0.3 is 14.6 Å². The number of aliphatic hydroxyl groups is 1. The first-order chi connectivity index (χ1) is 8.72. The van der Waals surface area contributed by atoms with Gasteiger partial charge in [0.15, 0.2) is 11.5 Å². The van der Waals surface area contributed by atoms with Gasteiger partial charge in [-0.05, 0) is 44.4 Å². The van der Waals surface area contributed by atoms with Crippen LogP contribution in [0.4, 0.5) is 0 Å². The van der Waals surface area contributed by atoms with E-state index in [0.29, 0.717) is 37.0 Å². The lowest BCUT2D eigenvalue weighted by Gasteiger charge is -2.15. The Kier molecular flexibility index (Phi) is 6.91. The highest BCUT2D eigenvalue weighted by Crippen LogP contribution is 2.31. The van der Waals surface area contributed by atoms with Crippen LogP contribution in [-0.2, 0) is 0 Å². The van der Waals surface area contributed by atoms with Crippen LogP contribution in [0.15, 0.2) is 18.2 Å². The van der Waals surface area contributed by atoms with Crippen molar-refractivity contribution in [3.8, 4) is 11.5 Å². The van der Waals surface area contributed by atoms with Gasteiger partial charge in [0.1, 0.15) is 0 Å². The van der Waals surface area contributed by atoms with Crippen LogP contribution in [0.2, 0.25) is 0 Å². The molecule has 1 aromatic rings. The Morgan fingerprint density at radius 3 is 2.44 bits per heavy atom. The number of hydrogen-bond donors (Lipinski definition) is 1. The summed E-state index contributed by atoms with van der Waals surface area (Å²) in [5, 5.41) is 10.0. The van der Waals surface area contributed by atoms with Crippen LogP contribution >= 0.6 is 11.6 Å². The third kappa shape index (κ3) is 4.39. The summed E-state index contributed by atoms with van der Waals surface area (Å²) in [5.41, 5.74) is 0.840. The molecule has 0 amide bonds. The molecular weight excluding hydrogens is 252 g/mol. The van der Waals surface area contributed by atoms with Crippen molar-refractivity contribution < 1.29 is 14.6 Å². The molecule has 1 unspecified atom stereocenters. The molecule has 0 saturated heterocycles. The predicted octanol–water partition coefficient (Wildman–Crippen LogP) is 3.54. The van der Waals surface area contributed by atoms with Gasteiger partial charge in [-0.3, -0.25) is 0 Å². The molecule has 18 heavy (non-hydrogen) atoms. The van der Waals surface area contributed by atoms with Crippen molar-refractivity contribution in [3.05, 3.63) is 23.8 Å². The Balaban J connectivity index is 2.84. The van der Waals surface area contributed by atoms with E-state index in [1.807, 2.05) is 32.0 Å². The summed E-state index contributed by atoms with van der Waals surface area (Å²) in [7, 11) is 0. The Bertz CT molecular complexity index is 355. The van der Waals surface area contributed by atoms with E-state index in [-0.39, 0.29) is 0 Å². The number of benzene rings is 1. The van der Waals surface area contributed by atoms with Crippen molar-refractivity contribution in [3.63, 3.8) is 0 Å². The monoisotopic (exact) mass is 272 g/mol. The minimum atomic E-state index is -0.501. The molecule has 0 fully saturated rings. The molecule has 0 aliphatic carbocycles. The molecule has 0 aliphatic heterocycles. The molecule has 0 spiro atoms. The molecule has 4 heteroatoms. The van der Waals surface area contributed by atoms with E-state index in [0.717, 1.165) is 12.0 Å². The zero-order chi connectivity index (χ0) is 13.4. The van der Waals surface area contributed by atoms with Crippen molar-refractivity contribution >= 4 is 11.6 Å². The van der Waals surface area contributed by atoms with Crippen LogP contribution in [0.3, 0.4) is 0 Å². The van der Waals surface area contributed by atoms with E-state index in [1.54, 1.807) is 0 Å². The quantitative estimate of drug-likeness (QED) is 0.736. The largest absolute Gasteiger partial charge is 0.490 e. The number of halogens is 1. The number of ether oxygens (including phenoxy) is 2. The molecule has 0 bridgehead atoms. The van der Waals surface area contributed by atoms with E-state index in [2.05, 4.69) is 0 Å². The maximum absolute atomic E-state index is 10.0. The van der Waals surface area contributed by atoms with Gasteiger partial charge in [0.25, 0.3) is 0 Å². The first-order valence-electron chi connectivity index (χ1n) is 6.36. The van der Waals surface area contributed by atoms with Crippen molar-refractivity contribution in [2.75, 3.05) is 19.1 Å². The van der Waals surface area contributed by atoms with Crippen LogP contribution in [-0.4, -0.2) is 24.2 Å². The Labute approximate surface area is 114 Å². The van der Waals surface area contributed by atoms with E-state index in [1.165, 1.54) is 0 Å². The third-order valence-corrected chi connectivity index (χ3v) is 2.83. The van der Waals surface area contributed by atoms with Crippen LogP contribution in [0.25, 0.3) is 0 Å². The van der Waals surface area contributed by atoms with Crippen LogP contribution in [0.5, 0.6) is 11.5 Å². The smallest absolute Gasteiger partial charge is 0.161 e. The fraction of sp³-hybridized carbons (Fsp3) is 0.571. The summed E-state index contributed by atoms with van der Waals surface area (Å²) in [6, 6.07) is 5.55. The number of aliphatic hydroxyl groups excluding tert-OH is 1. The van der Waals surface area contributed by atoms with E-state index in [9.17, 15) is 5.11 Å². The average molecular weight is 273 g/mol. The molecule has 0 saturated carbocycles. The fourth-order valence-electron chi connectivity index (χ4n) is 1.71. The standard InChI is InChI=1S/C14H21ClO3/c1-3-17-13-8-7-11(10-14(13)18-4-2)12(16)6-5-9-15/h7-8,10,12,16H,3-6,9H2,1-2H3. The van der Waals surface area contributed by atoms with Gasteiger partial charge in [0, 0.05) is 5.88 Å². The highest BCUT2D eigenvalue weighted by Gasteiger charge is 2.11. The SMILES string of the molecule is CCOc1ccc(C(O)CCCCl)cc1OCC. The molecule has 0 heterocycles. The summed E-state index contributed by atoms with van der Waals surface area (Å²) in [6.07, 6.45) is 0.946. The molecule has 1 aromatic carbocycles. The van der Waals surface area contributed by atoms with E-state index < -0.39 is 6.10 Å². The zero-order valence-electron chi connectivity index (χ0n) is 11.0. The molecule has 1 N–H and O–H groups in total. The predicted molar refractivity (Wildman–Crippen MR) is 73.7 cm³/mol. The molecule has 1 atom stereocenters. The lowest BCUT2D eigenvalue weighted by molar-refractivity contribution is 0.166. The summed E-state index contributed by atoms with van der Waals surface area (Å²) in [6.45, 7) is 5.01. The normalized spacial score (nSPS) is 12.2. The van der Waals surface area contributed by atoms with Gasteiger partial charge in [-0.2, -0.15) is 0 Å². The van der Waals surface area contributed by atoms with Gasteiger partial charge in [-0.1, -0.05) is 6.07 Å². The zero-order valence-corrected chi connectivity index (χ0v) is 11.7. The summed E-state index contributed by atoms with van der Waals surface area (Å²) in [5.74, 6) is 1.96. The average Bonchev–Trinajstić information content (AvgIpc) is 2.38. The molecule has 0 radical (unpaired) electrons. The minimum absolute atomic E-state index is 0.501. The second-order valence-corrected chi connectivity index (χ2v) is 4.30. The second-order valence-electron chi connectivity index (χ2n) is 3.92. The van der Waals surface area contributed by atoms with Crippen molar-refractivity contribution in [1.82, 2.24) is 0 Å². The first kappa shape index (κ1) is 15.1. The summed E-state index contributed by atoms with van der Waals surface area (Å²) < 4.78 is 11.0. The van der Waals surface area contributed by atoms with Gasteiger partial charge >= 0.3 is 0 Å². The van der Waals surface area contributed by atoms with Crippen molar-refractivity contribution in [2.45, 2.75) is 32.8 Å². The number of alkyl halides is 1. The molecule has 1 rings (SSSR count). The van der Waals surface area contributed by atoms with Crippen LogP contribution in [0.1, 0.15) is 38.4 Å². The third-order valence-electron chi connectivity index (χ3n) is 2.56. The van der Waals surface area contributed by atoms with Gasteiger partial charge in [-0.25, -0.2) is 0 Å². The number of rotatable bonds is 8. The minimum Gasteiger partial charge on any atom is -0.490 e. The first-order valence-corrected chi connectivity index (χ1v) is 6.89. The van der Waals surface area contributed by atoms with Crippen LogP contribution < -0.4 is 9.47 Å².